The Morgan fingerprint density at radius 2 is 2.08 bits per heavy atom. The van der Waals surface area contributed by atoms with E-state index in [0.717, 1.165) is 6.42 Å². The van der Waals surface area contributed by atoms with Gasteiger partial charge in [-0.25, -0.2) is 0 Å². The molecule has 2 unspecified atom stereocenters. The van der Waals surface area contributed by atoms with Gasteiger partial charge in [0.2, 0.25) is 0 Å². The fourth-order valence-corrected chi connectivity index (χ4v) is 1.19. The predicted octanol–water partition coefficient (Wildman–Crippen LogP) is 2.17. The first-order chi connectivity index (χ1) is 6.13. The van der Waals surface area contributed by atoms with E-state index in [9.17, 15) is 4.79 Å². The fraction of sp³-hybridized carbons (Fsp3) is 0.889. The van der Waals surface area contributed by atoms with Crippen LogP contribution in [0.4, 0.5) is 0 Å². The third kappa shape index (κ3) is 5.46. The summed E-state index contributed by atoms with van der Waals surface area (Å²) in [6.45, 7) is 6.86. The Labute approximate surface area is 93.3 Å². The highest BCUT2D eigenvalue weighted by atomic mass is 127. The summed E-state index contributed by atoms with van der Waals surface area (Å²) in [7, 11) is 0. The van der Waals surface area contributed by atoms with Crippen molar-refractivity contribution in [3.8, 4) is 0 Å². The zero-order valence-electron chi connectivity index (χ0n) is 8.38. The molecule has 0 aliphatic rings. The number of rotatable bonds is 6. The van der Waals surface area contributed by atoms with E-state index >= 15 is 0 Å². The van der Waals surface area contributed by atoms with Gasteiger partial charge in [0.15, 0.2) is 0 Å². The third-order valence-electron chi connectivity index (χ3n) is 1.51. The number of hydrogen-bond acceptors (Lipinski definition) is 3. The Bertz CT molecular complexity index is 150. The Morgan fingerprint density at radius 3 is 2.54 bits per heavy atom. The largest absolute Gasteiger partial charge is 0.465 e. The molecule has 2 atom stereocenters. The Kier molecular flexibility index (Phi) is 7.65. The monoisotopic (exact) mass is 300 g/mol. The van der Waals surface area contributed by atoms with Gasteiger partial charge in [-0.3, -0.25) is 4.79 Å². The highest BCUT2D eigenvalue weighted by Gasteiger charge is 2.23. The molecule has 0 radical (unpaired) electrons. The summed E-state index contributed by atoms with van der Waals surface area (Å²) in [6, 6.07) is 0. The van der Waals surface area contributed by atoms with Gasteiger partial charge in [-0.1, -0.05) is 29.5 Å². The van der Waals surface area contributed by atoms with Gasteiger partial charge in [-0.2, -0.15) is 0 Å². The molecule has 0 spiro atoms. The third-order valence-corrected chi connectivity index (χ3v) is 3.03. The highest BCUT2D eigenvalue weighted by Crippen LogP contribution is 2.12. The molecule has 0 N–H and O–H groups in total. The molecule has 0 saturated carbocycles. The summed E-state index contributed by atoms with van der Waals surface area (Å²) >= 11 is 2.06. The quantitative estimate of drug-likeness (QED) is 0.428. The van der Waals surface area contributed by atoms with Gasteiger partial charge in [-0.05, 0) is 20.3 Å². The van der Waals surface area contributed by atoms with Crippen molar-refractivity contribution in [2.24, 2.45) is 0 Å². The van der Waals surface area contributed by atoms with E-state index in [0.29, 0.717) is 13.2 Å². The molecular formula is C9H17IO3. The van der Waals surface area contributed by atoms with Crippen LogP contribution in [-0.2, 0) is 14.3 Å². The Morgan fingerprint density at radius 1 is 1.46 bits per heavy atom. The van der Waals surface area contributed by atoms with Crippen LogP contribution in [0.2, 0.25) is 0 Å². The van der Waals surface area contributed by atoms with Crippen molar-refractivity contribution in [1.29, 1.82) is 0 Å². The maximum absolute atomic E-state index is 11.2. The van der Waals surface area contributed by atoms with Crippen molar-refractivity contribution in [3.05, 3.63) is 0 Å². The molecule has 0 amide bonds. The molecule has 13 heavy (non-hydrogen) atoms. The number of ether oxygens (including phenoxy) is 2. The lowest BCUT2D eigenvalue weighted by atomic mass is 10.3. The standard InChI is InChI=1S/C9H17IO3/c1-4-6-13-7(3)8(10)9(11)12-5-2/h7-8H,4-6H2,1-3H3. The number of carbonyl (C=O) groups excluding carboxylic acids is 1. The van der Waals surface area contributed by atoms with E-state index in [2.05, 4.69) is 22.6 Å². The average molecular weight is 300 g/mol. The first kappa shape index (κ1) is 13.2. The van der Waals surface area contributed by atoms with Gasteiger partial charge in [0, 0.05) is 6.61 Å². The molecule has 78 valence electrons. The van der Waals surface area contributed by atoms with Crippen LogP contribution in [0.1, 0.15) is 27.2 Å². The minimum atomic E-state index is -0.205. The molecule has 0 rings (SSSR count). The van der Waals surface area contributed by atoms with E-state index in [1.165, 1.54) is 0 Å². The minimum absolute atomic E-state index is 0.0698. The van der Waals surface area contributed by atoms with Gasteiger partial charge >= 0.3 is 5.97 Å². The number of alkyl halides is 1. The van der Waals surface area contributed by atoms with Crippen LogP contribution in [0.15, 0.2) is 0 Å². The maximum Gasteiger partial charge on any atom is 0.321 e. The molecule has 0 bridgehead atoms. The number of carbonyl (C=O) groups is 1. The number of hydrogen-bond donors (Lipinski definition) is 0. The second kappa shape index (κ2) is 7.55. The van der Waals surface area contributed by atoms with E-state index in [1.807, 2.05) is 13.8 Å². The lowest BCUT2D eigenvalue weighted by Gasteiger charge is -2.17. The van der Waals surface area contributed by atoms with E-state index in [-0.39, 0.29) is 16.0 Å². The van der Waals surface area contributed by atoms with Gasteiger partial charge < -0.3 is 9.47 Å². The van der Waals surface area contributed by atoms with Crippen molar-refractivity contribution >= 4 is 28.6 Å². The van der Waals surface area contributed by atoms with Crippen molar-refractivity contribution in [1.82, 2.24) is 0 Å². The van der Waals surface area contributed by atoms with Crippen LogP contribution in [0, 0.1) is 0 Å². The summed E-state index contributed by atoms with van der Waals surface area (Å²) in [4.78, 5) is 11.2. The first-order valence-corrected chi connectivity index (χ1v) is 5.80. The van der Waals surface area contributed by atoms with E-state index < -0.39 is 0 Å². The van der Waals surface area contributed by atoms with Crippen LogP contribution >= 0.6 is 22.6 Å². The molecule has 0 fully saturated rings. The average Bonchev–Trinajstić information content (AvgIpc) is 2.13. The van der Waals surface area contributed by atoms with Crippen LogP contribution in [0.25, 0.3) is 0 Å². The zero-order valence-corrected chi connectivity index (χ0v) is 10.5. The highest BCUT2D eigenvalue weighted by molar-refractivity contribution is 14.1. The Hall–Kier alpha value is 0.160. The van der Waals surface area contributed by atoms with E-state index in [4.69, 9.17) is 9.47 Å². The summed E-state index contributed by atoms with van der Waals surface area (Å²) in [6.07, 6.45) is 0.899. The van der Waals surface area contributed by atoms with Crippen LogP contribution < -0.4 is 0 Å². The molecule has 3 nitrogen and oxygen atoms in total. The summed E-state index contributed by atoms with van der Waals surface area (Å²) in [5.74, 6) is -0.188. The minimum Gasteiger partial charge on any atom is -0.465 e. The van der Waals surface area contributed by atoms with Gasteiger partial charge in [0.05, 0.1) is 12.7 Å². The summed E-state index contributed by atoms with van der Waals surface area (Å²) in [5.41, 5.74) is 0. The SMILES string of the molecule is CCCOC(C)C(I)C(=O)OCC. The molecule has 0 aliphatic carbocycles. The molecule has 0 saturated heterocycles. The van der Waals surface area contributed by atoms with Crippen LogP contribution in [0.3, 0.4) is 0 Å². The zero-order chi connectivity index (χ0) is 10.3. The smallest absolute Gasteiger partial charge is 0.321 e. The number of esters is 1. The molecule has 0 aliphatic heterocycles. The van der Waals surface area contributed by atoms with E-state index in [1.54, 1.807) is 6.92 Å². The molecule has 4 heteroatoms. The maximum atomic E-state index is 11.2. The summed E-state index contributed by atoms with van der Waals surface area (Å²) in [5, 5.41) is 0. The molecule has 0 heterocycles. The molecule has 0 aromatic carbocycles. The van der Waals surface area contributed by atoms with Crippen molar-refractivity contribution in [2.75, 3.05) is 13.2 Å². The molecular weight excluding hydrogens is 283 g/mol. The normalized spacial score (nSPS) is 15.1. The van der Waals surface area contributed by atoms with Crippen molar-refractivity contribution < 1.29 is 14.3 Å². The van der Waals surface area contributed by atoms with Crippen molar-refractivity contribution in [3.63, 3.8) is 0 Å². The fourth-order valence-electron chi connectivity index (χ4n) is 0.802. The first-order valence-electron chi connectivity index (χ1n) is 4.55. The lowest BCUT2D eigenvalue weighted by Crippen LogP contribution is -2.30. The lowest BCUT2D eigenvalue weighted by molar-refractivity contribution is -0.144. The van der Waals surface area contributed by atoms with Crippen molar-refractivity contribution in [2.45, 2.75) is 37.2 Å². The second-order valence-corrected chi connectivity index (χ2v) is 4.07. The number of halogens is 1. The molecule has 0 aromatic heterocycles. The van der Waals surface area contributed by atoms with Gasteiger partial charge in [0.25, 0.3) is 0 Å². The van der Waals surface area contributed by atoms with Crippen LogP contribution in [-0.4, -0.2) is 29.2 Å². The van der Waals surface area contributed by atoms with Gasteiger partial charge in [-0.15, -0.1) is 0 Å². The Balaban J connectivity index is 3.79. The second-order valence-electron chi connectivity index (χ2n) is 2.73. The topological polar surface area (TPSA) is 35.5 Å². The summed E-state index contributed by atoms with van der Waals surface area (Å²) < 4.78 is 10.1. The van der Waals surface area contributed by atoms with Crippen LogP contribution in [0.5, 0.6) is 0 Å². The van der Waals surface area contributed by atoms with Gasteiger partial charge in [0.1, 0.15) is 3.92 Å². The predicted molar refractivity (Wildman–Crippen MR) is 60.1 cm³/mol. The molecule has 0 aromatic rings.